The van der Waals surface area contributed by atoms with Gasteiger partial charge in [-0.2, -0.15) is 0 Å². The summed E-state index contributed by atoms with van der Waals surface area (Å²) in [6.45, 7) is 5.56. The molecule has 11 heteroatoms. The molecule has 0 radical (unpaired) electrons. The molecule has 7 nitrogen and oxygen atoms in total. The minimum Gasteiger partial charge on any atom is -0.489 e. The SMILES string of the molecule is CC(C)Nc1cc(-c2nnc(-c3cc(F)c(OC[C@H](NCl)[C@@H](C)O)cc3Cl)s2)ccn1. The number of rotatable bonds is 9. The largest absolute Gasteiger partial charge is 0.489 e. The van der Waals surface area contributed by atoms with E-state index < -0.39 is 18.0 Å². The number of ether oxygens (including phenoxy) is 1. The lowest BCUT2D eigenvalue weighted by atomic mass is 10.2. The third-order valence-electron chi connectivity index (χ3n) is 4.26. The van der Waals surface area contributed by atoms with Crippen LogP contribution in [-0.4, -0.2) is 45.1 Å². The standard InChI is InChI=1S/C20H22Cl2FN5O2S/c1-10(2)25-18-6-12(4-5-24-18)19-27-28-20(31-19)13-7-15(23)17(8-14(13)21)30-9-16(26-22)11(3)29/h4-8,10-11,16,26,29H,9H2,1-3H3,(H,24,25)/t11-,16+/m1/s1. The molecule has 0 fully saturated rings. The number of aromatic nitrogens is 3. The Balaban J connectivity index is 1.81. The van der Waals surface area contributed by atoms with Crippen LogP contribution in [0.4, 0.5) is 10.2 Å². The summed E-state index contributed by atoms with van der Waals surface area (Å²) in [5, 5.41) is 22.6. The van der Waals surface area contributed by atoms with Gasteiger partial charge in [0.15, 0.2) is 11.6 Å². The lowest BCUT2D eigenvalue weighted by Gasteiger charge is -2.18. The second-order valence-electron chi connectivity index (χ2n) is 7.17. The summed E-state index contributed by atoms with van der Waals surface area (Å²) >= 11 is 13.2. The number of halogens is 3. The number of anilines is 1. The quantitative estimate of drug-likeness (QED) is 0.376. The predicted molar refractivity (Wildman–Crippen MR) is 122 cm³/mol. The van der Waals surface area contributed by atoms with Gasteiger partial charge in [-0.05, 0) is 50.7 Å². The Hall–Kier alpha value is -2.04. The predicted octanol–water partition coefficient (Wildman–Crippen LogP) is 4.75. The number of nitrogens with zero attached hydrogens (tertiary/aromatic N) is 3. The van der Waals surface area contributed by atoms with E-state index in [1.807, 2.05) is 26.0 Å². The van der Waals surface area contributed by atoms with Gasteiger partial charge in [-0.3, -0.25) is 0 Å². The molecule has 166 valence electrons. The van der Waals surface area contributed by atoms with Crippen LogP contribution < -0.4 is 14.9 Å². The lowest BCUT2D eigenvalue weighted by Crippen LogP contribution is -2.38. The summed E-state index contributed by atoms with van der Waals surface area (Å²) in [4.78, 5) is 6.68. The summed E-state index contributed by atoms with van der Waals surface area (Å²) < 4.78 is 20.0. The Morgan fingerprint density at radius 3 is 2.61 bits per heavy atom. The Kier molecular flexibility index (Phi) is 8.01. The highest BCUT2D eigenvalue weighted by Crippen LogP contribution is 2.37. The lowest BCUT2D eigenvalue weighted by molar-refractivity contribution is 0.122. The zero-order chi connectivity index (χ0) is 22.5. The number of hydrogen-bond donors (Lipinski definition) is 3. The van der Waals surface area contributed by atoms with Crippen molar-refractivity contribution in [3.05, 3.63) is 41.3 Å². The summed E-state index contributed by atoms with van der Waals surface area (Å²) in [6, 6.07) is 6.02. The molecule has 2 aromatic heterocycles. The van der Waals surface area contributed by atoms with Crippen LogP contribution in [0.25, 0.3) is 21.1 Å². The topological polar surface area (TPSA) is 92.2 Å². The zero-order valence-electron chi connectivity index (χ0n) is 17.1. The molecule has 2 atom stereocenters. The van der Waals surface area contributed by atoms with Crippen LogP contribution in [0.2, 0.25) is 5.02 Å². The van der Waals surface area contributed by atoms with Gasteiger partial charge in [0.05, 0.1) is 17.2 Å². The number of nitrogens with one attached hydrogen (secondary N) is 2. The monoisotopic (exact) mass is 485 g/mol. The molecule has 0 saturated carbocycles. The third kappa shape index (κ3) is 6.02. The molecule has 0 spiro atoms. The van der Waals surface area contributed by atoms with Crippen molar-refractivity contribution in [1.82, 2.24) is 20.0 Å². The van der Waals surface area contributed by atoms with E-state index in [-0.39, 0.29) is 23.4 Å². The maximum absolute atomic E-state index is 14.6. The first kappa shape index (κ1) is 23.6. The van der Waals surface area contributed by atoms with Gasteiger partial charge >= 0.3 is 0 Å². The van der Waals surface area contributed by atoms with E-state index >= 15 is 0 Å². The van der Waals surface area contributed by atoms with Crippen LogP contribution in [-0.2, 0) is 0 Å². The molecule has 0 aliphatic rings. The van der Waals surface area contributed by atoms with Crippen LogP contribution >= 0.6 is 34.7 Å². The highest BCUT2D eigenvalue weighted by atomic mass is 35.5. The van der Waals surface area contributed by atoms with Gasteiger partial charge in [-0.1, -0.05) is 22.9 Å². The maximum atomic E-state index is 14.6. The van der Waals surface area contributed by atoms with Gasteiger partial charge in [0, 0.05) is 29.4 Å². The highest BCUT2D eigenvalue weighted by Gasteiger charge is 2.19. The molecule has 3 aromatic rings. The summed E-state index contributed by atoms with van der Waals surface area (Å²) in [6.07, 6.45) is 0.912. The molecule has 0 aliphatic heterocycles. The van der Waals surface area contributed by atoms with Crippen LogP contribution in [0.15, 0.2) is 30.5 Å². The average Bonchev–Trinajstić information content (AvgIpc) is 3.20. The van der Waals surface area contributed by atoms with Crippen molar-refractivity contribution < 1.29 is 14.2 Å². The first-order chi connectivity index (χ1) is 14.8. The van der Waals surface area contributed by atoms with E-state index in [2.05, 4.69) is 25.3 Å². The molecule has 2 heterocycles. The number of pyridine rings is 1. The first-order valence-corrected chi connectivity index (χ1v) is 11.1. The summed E-state index contributed by atoms with van der Waals surface area (Å²) in [5.41, 5.74) is 1.25. The van der Waals surface area contributed by atoms with E-state index in [1.165, 1.54) is 23.5 Å². The van der Waals surface area contributed by atoms with Crippen LogP contribution in [0.3, 0.4) is 0 Å². The molecule has 1 aromatic carbocycles. The van der Waals surface area contributed by atoms with Crippen molar-refractivity contribution in [3.8, 4) is 26.9 Å². The molecule has 3 rings (SSSR count). The van der Waals surface area contributed by atoms with Crippen molar-refractivity contribution in [1.29, 1.82) is 0 Å². The molecule has 3 N–H and O–H groups in total. The third-order valence-corrected chi connectivity index (χ3v) is 5.86. The Bertz CT molecular complexity index is 1030. The van der Waals surface area contributed by atoms with Crippen molar-refractivity contribution >= 4 is 40.5 Å². The fourth-order valence-corrected chi connectivity index (χ4v) is 4.05. The van der Waals surface area contributed by atoms with Crippen molar-refractivity contribution in [2.24, 2.45) is 0 Å². The van der Waals surface area contributed by atoms with Crippen molar-refractivity contribution in [3.63, 3.8) is 0 Å². The Labute approximate surface area is 193 Å². The number of aliphatic hydroxyl groups excluding tert-OH is 1. The van der Waals surface area contributed by atoms with Gasteiger partial charge in [0.2, 0.25) is 0 Å². The minimum absolute atomic E-state index is 0.0362. The number of benzene rings is 1. The van der Waals surface area contributed by atoms with E-state index in [0.29, 0.717) is 15.6 Å². The molecule has 0 amide bonds. The normalized spacial score (nSPS) is 13.3. The van der Waals surface area contributed by atoms with Gasteiger partial charge < -0.3 is 15.2 Å². The molecule has 31 heavy (non-hydrogen) atoms. The second-order valence-corrected chi connectivity index (χ2v) is 8.77. The Morgan fingerprint density at radius 1 is 1.19 bits per heavy atom. The van der Waals surface area contributed by atoms with E-state index in [4.69, 9.17) is 28.1 Å². The highest BCUT2D eigenvalue weighted by molar-refractivity contribution is 7.18. The van der Waals surface area contributed by atoms with Crippen molar-refractivity contribution in [2.45, 2.75) is 39.0 Å². The van der Waals surface area contributed by atoms with E-state index in [9.17, 15) is 9.50 Å². The molecular weight excluding hydrogens is 464 g/mol. The van der Waals surface area contributed by atoms with E-state index in [1.54, 1.807) is 13.1 Å². The molecule has 0 saturated heterocycles. The molecule has 0 unspecified atom stereocenters. The van der Waals surface area contributed by atoms with Crippen LogP contribution in [0.1, 0.15) is 20.8 Å². The van der Waals surface area contributed by atoms with Crippen molar-refractivity contribution in [2.75, 3.05) is 11.9 Å². The Morgan fingerprint density at radius 2 is 1.94 bits per heavy atom. The number of hydrogen-bond acceptors (Lipinski definition) is 8. The molecular formula is C20H22Cl2FN5O2S. The van der Waals surface area contributed by atoms with Gasteiger partial charge in [-0.25, -0.2) is 14.2 Å². The number of aliphatic hydroxyl groups is 1. The average molecular weight is 486 g/mol. The maximum Gasteiger partial charge on any atom is 0.165 e. The summed E-state index contributed by atoms with van der Waals surface area (Å²) in [5.74, 6) is 0.0775. The fraction of sp³-hybridized carbons (Fsp3) is 0.350. The van der Waals surface area contributed by atoms with Gasteiger partial charge in [-0.15, -0.1) is 10.2 Å². The molecule has 0 aliphatic carbocycles. The van der Waals surface area contributed by atoms with Crippen LogP contribution in [0.5, 0.6) is 5.75 Å². The molecule has 0 bridgehead atoms. The smallest absolute Gasteiger partial charge is 0.165 e. The summed E-state index contributed by atoms with van der Waals surface area (Å²) in [7, 11) is 0. The fourth-order valence-electron chi connectivity index (χ4n) is 2.63. The van der Waals surface area contributed by atoms with Gasteiger partial charge in [0.1, 0.15) is 22.4 Å². The van der Waals surface area contributed by atoms with E-state index in [0.717, 1.165) is 11.4 Å². The zero-order valence-corrected chi connectivity index (χ0v) is 19.4. The second kappa shape index (κ2) is 10.5. The van der Waals surface area contributed by atoms with Crippen LogP contribution in [0, 0.1) is 5.82 Å². The van der Waals surface area contributed by atoms with Gasteiger partial charge in [0.25, 0.3) is 0 Å². The first-order valence-electron chi connectivity index (χ1n) is 9.51. The minimum atomic E-state index is -0.778.